The molecule has 0 radical (unpaired) electrons. The molecule has 0 aliphatic carbocycles. The zero-order chi connectivity index (χ0) is 17.4. The molecule has 4 atom stereocenters. The van der Waals surface area contributed by atoms with E-state index in [0.29, 0.717) is 0 Å². The molecule has 1 fully saturated rings. The van der Waals surface area contributed by atoms with Crippen molar-refractivity contribution < 1.29 is 38.9 Å². The molecule has 23 heavy (non-hydrogen) atoms. The largest absolute Gasteiger partial charge is 0.469 e. The van der Waals surface area contributed by atoms with Gasteiger partial charge in [-0.05, 0) is 0 Å². The van der Waals surface area contributed by atoms with Gasteiger partial charge in [0.25, 0.3) is 0 Å². The quantitative estimate of drug-likeness (QED) is 0.296. The van der Waals surface area contributed by atoms with Crippen molar-refractivity contribution in [2.24, 2.45) is 0 Å². The highest BCUT2D eigenvalue weighted by atomic mass is 31.2. The molecule has 0 aromatic carbocycles. The zero-order valence-electron chi connectivity index (χ0n) is 11.6. The van der Waals surface area contributed by atoms with Gasteiger partial charge in [-0.1, -0.05) is 0 Å². The molecule has 0 bridgehead atoms. The summed E-state index contributed by atoms with van der Waals surface area (Å²) in [5.41, 5.74) is 4.65. The molecule has 1 saturated heterocycles. The van der Waals surface area contributed by atoms with E-state index < -0.39 is 51.3 Å². The molecule has 13 heteroatoms. The first-order chi connectivity index (χ1) is 10.6. The van der Waals surface area contributed by atoms with Crippen LogP contribution in [0.2, 0.25) is 0 Å². The SMILES string of the molecule is Nc1nc(=O)n([C@@H]2O[C@H](COP(=O)(O)O)C(O)C2O)cc1CO. The topological polar surface area (TPSA) is 198 Å². The number of anilines is 1. The van der Waals surface area contributed by atoms with Crippen LogP contribution in [0.4, 0.5) is 5.82 Å². The number of nitrogen functional groups attached to an aromatic ring is 1. The molecular formula is C10H16N3O9P. The third-order valence-electron chi connectivity index (χ3n) is 3.25. The van der Waals surface area contributed by atoms with Gasteiger partial charge in [0.15, 0.2) is 6.23 Å². The Morgan fingerprint density at radius 3 is 2.61 bits per heavy atom. The summed E-state index contributed by atoms with van der Waals surface area (Å²) in [5, 5.41) is 28.9. The Labute approximate surface area is 129 Å². The van der Waals surface area contributed by atoms with Crippen molar-refractivity contribution in [2.45, 2.75) is 31.1 Å². The molecule has 0 amide bonds. The molecule has 2 rings (SSSR count). The number of ether oxygens (including phenoxy) is 1. The van der Waals surface area contributed by atoms with E-state index in [9.17, 15) is 19.6 Å². The molecule has 0 saturated carbocycles. The minimum atomic E-state index is -4.79. The minimum Gasteiger partial charge on any atom is -0.391 e. The maximum atomic E-state index is 11.8. The highest BCUT2D eigenvalue weighted by Crippen LogP contribution is 2.38. The lowest BCUT2D eigenvalue weighted by atomic mass is 10.1. The molecule has 1 aromatic rings. The van der Waals surface area contributed by atoms with Gasteiger partial charge in [0.2, 0.25) is 0 Å². The maximum absolute atomic E-state index is 11.8. The summed E-state index contributed by atoms with van der Waals surface area (Å²) in [6.07, 6.45) is -4.72. The van der Waals surface area contributed by atoms with Crippen LogP contribution >= 0.6 is 7.82 Å². The first kappa shape index (κ1) is 18.0. The van der Waals surface area contributed by atoms with Crippen molar-refractivity contribution in [3.05, 3.63) is 22.2 Å². The molecule has 2 heterocycles. The smallest absolute Gasteiger partial charge is 0.391 e. The van der Waals surface area contributed by atoms with E-state index in [0.717, 1.165) is 10.8 Å². The summed E-state index contributed by atoms with van der Waals surface area (Å²) < 4.78 is 20.9. The number of nitrogens with zero attached hydrogens (tertiary/aromatic N) is 2. The number of nitrogens with two attached hydrogens (primary N) is 1. The summed E-state index contributed by atoms with van der Waals surface area (Å²) in [5.74, 6) is -0.192. The standard InChI is InChI=1S/C10H16N3O9P/c11-8-4(2-14)1-13(10(17)12-8)9-7(16)6(15)5(22-9)3-21-23(18,19)20/h1,5-7,9,14-16H,2-3H2,(H2,11,12,17)(H2,18,19,20)/t5-,6?,7?,9-/m1/s1. The third kappa shape index (κ3) is 3.94. The van der Waals surface area contributed by atoms with E-state index in [-0.39, 0.29) is 11.4 Å². The molecule has 1 aromatic heterocycles. The van der Waals surface area contributed by atoms with Crippen LogP contribution in [-0.4, -0.2) is 59.6 Å². The van der Waals surface area contributed by atoms with E-state index in [2.05, 4.69) is 9.51 Å². The van der Waals surface area contributed by atoms with Crippen LogP contribution in [-0.2, 0) is 20.4 Å². The number of hydrogen-bond acceptors (Lipinski definition) is 9. The summed E-state index contributed by atoms with van der Waals surface area (Å²) >= 11 is 0. The fourth-order valence-corrected chi connectivity index (χ4v) is 2.43. The van der Waals surface area contributed by atoms with Crippen molar-refractivity contribution in [3.8, 4) is 0 Å². The molecule has 1 aliphatic rings. The van der Waals surface area contributed by atoms with E-state index in [1.165, 1.54) is 0 Å². The molecular weight excluding hydrogens is 337 g/mol. The van der Waals surface area contributed by atoms with Gasteiger partial charge in [-0.2, -0.15) is 4.98 Å². The molecule has 130 valence electrons. The van der Waals surface area contributed by atoms with Crippen molar-refractivity contribution in [3.63, 3.8) is 0 Å². The highest BCUT2D eigenvalue weighted by Gasteiger charge is 2.45. The van der Waals surface area contributed by atoms with Crippen molar-refractivity contribution in [1.29, 1.82) is 0 Å². The summed E-state index contributed by atoms with van der Waals surface area (Å²) in [4.78, 5) is 32.6. The normalized spacial score (nSPS) is 28.2. The highest BCUT2D eigenvalue weighted by molar-refractivity contribution is 7.46. The van der Waals surface area contributed by atoms with Crippen LogP contribution in [0.25, 0.3) is 0 Å². The van der Waals surface area contributed by atoms with Gasteiger partial charge in [-0.25, -0.2) is 9.36 Å². The van der Waals surface area contributed by atoms with Crippen molar-refractivity contribution in [2.75, 3.05) is 12.3 Å². The fraction of sp³-hybridized carbons (Fsp3) is 0.600. The summed E-state index contributed by atoms with van der Waals surface area (Å²) in [6, 6.07) is 0. The zero-order valence-corrected chi connectivity index (χ0v) is 12.5. The molecule has 7 N–H and O–H groups in total. The van der Waals surface area contributed by atoms with Crippen LogP contribution in [0.15, 0.2) is 11.0 Å². The Morgan fingerprint density at radius 1 is 1.39 bits per heavy atom. The molecule has 1 aliphatic heterocycles. The van der Waals surface area contributed by atoms with Crippen LogP contribution in [0.3, 0.4) is 0 Å². The van der Waals surface area contributed by atoms with Crippen LogP contribution in [0.1, 0.15) is 11.8 Å². The summed E-state index contributed by atoms with van der Waals surface area (Å²) in [6.45, 7) is -1.22. The second kappa shape index (κ2) is 6.63. The first-order valence-corrected chi connectivity index (χ1v) is 7.87. The molecule has 12 nitrogen and oxygen atoms in total. The molecule has 2 unspecified atom stereocenters. The van der Waals surface area contributed by atoms with Gasteiger partial charge in [-0.15, -0.1) is 0 Å². The Kier molecular flexibility index (Phi) is 5.18. The molecule has 0 spiro atoms. The van der Waals surface area contributed by atoms with Crippen molar-refractivity contribution in [1.82, 2.24) is 9.55 Å². The number of aliphatic hydroxyl groups is 3. The number of aliphatic hydroxyl groups excluding tert-OH is 3. The number of hydrogen-bond donors (Lipinski definition) is 6. The van der Waals surface area contributed by atoms with E-state index in [1.807, 2.05) is 0 Å². The van der Waals surface area contributed by atoms with Gasteiger partial charge >= 0.3 is 13.5 Å². The Bertz CT molecular complexity index is 674. The minimum absolute atomic E-state index is 0.102. The van der Waals surface area contributed by atoms with Gasteiger partial charge in [-0.3, -0.25) is 9.09 Å². The van der Waals surface area contributed by atoms with Gasteiger partial charge in [0.1, 0.15) is 24.1 Å². The van der Waals surface area contributed by atoms with Gasteiger partial charge in [0.05, 0.1) is 13.2 Å². The fourth-order valence-electron chi connectivity index (χ4n) is 2.09. The maximum Gasteiger partial charge on any atom is 0.469 e. The second-order valence-electron chi connectivity index (χ2n) is 4.83. The Balaban J connectivity index is 2.24. The van der Waals surface area contributed by atoms with E-state index in [1.54, 1.807) is 0 Å². The summed E-state index contributed by atoms with van der Waals surface area (Å²) in [7, 11) is -4.79. The lowest BCUT2D eigenvalue weighted by Crippen LogP contribution is -2.36. The number of phosphoric acid groups is 1. The van der Waals surface area contributed by atoms with Crippen LogP contribution < -0.4 is 11.4 Å². The van der Waals surface area contributed by atoms with Crippen LogP contribution in [0, 0.1) is 0 Å². The average molecular weight is 353 g/mol. The van der Waals surface area contributed by atoms with Gasteiger partial charge in [0, 0.05) is 11.8 Å². The lowest BCUT2D eigenvalue weighted by Gasteiger charge is -2.18. The van der Waals surface area contributed by atoms with E-state index in [4.69, 9.17) is 25.4 Å². The van der Waals surface area contributed by atoms with E-state index >= 15 is 0 Å². The van der Waals surface area contributed by atoms with Crippen molar-refractivity contribution >= 4 is 13.6 Å². The number of aromatic nitrogens is 2. The number of rotatable bonds is 5. The Morgan fingerprint density at radius 2 is 2.04 bits per heavy atom. The second-order valence-corrected chi connectivity index (χ2v) is 6.07. The van der Waals surface area contributed by atoms with Crippen LogP contribution in [0.5, 0.6) is 0 Å². The predicted octanol–water partition coefficient (Wildman–Crippen LogP) is -2.95. The first-order valence-electron chi connectivity index (χ1n) is 6.34. The third-order valence-corrected chi connectivity index (χ3v) is 3.74. The monoisotopic (exact) mass is 353 g/mol. The predicted molar refractivity (Wildman–Crippen MR) is 72.8 cm³/mol. The van der Waals surface area contributed by atoms with Gasteiger partial charge < -0.3 is 35.6 Å². The lowest BCUT2D eigenvalue weighted by molar-refractivity contribution is -0.0544. The number of phosphoric ester groups is 1. The Hall–Kier alpha value is -1.37. The average Bonchev–Trinajstić information content (AvgIpc) is 2.73.